The van der Waals surface area contributed by atoms with Crippen molar-refractivity contribution in [1.82, 2.24) is 9.88 Å². The Bertz CT molecular complexity index is 437. The molecule has 1 amide bonds. The quantitative estimate of drug-likeness (QED) is 0.905. The Morgan fingerprint density at radius 3 is 2.58 bits per heavy atom. The van der Waals surface area contributed by atoms with Crippen molar-refractivity contribution in [1.29, 1.82) is 0 Å². The third kappa shape index (κ3) is 4.99. The lowest BCUT2D eigenvalue weighted by atomic mass is 9.85. The fourth-order valence-corrected chi connectivity index (χ4v) is 1.67. The zero-order valence-electron chi connectivity index (χ0n) is 12.6. The topological polar surface area (TPSA) is 59.2 Å². The monoisotopic (exact) mass is 263 g/mol. The average Bonchev–Trinajstić information content (AvgIpc) is 2.27. The maximum atomic E-state index is 12.1. The van der Waals surface area contributed by atoms with E-state index in [0.717, 1.165) is 11.4 Å². The van der Waals surface area contributed by atoms with E-state index in [4.69, 9.17) is 5.73 Å². The first-order valence-corrected chi connectivity index (χ1v) is 6.62. The maximum absolute atomic E-state index is 12.1. The number of nitrogens with two attached hydrogens (primary N) is 1. The summed E-state index contributed by atoms with van der Waals surface area (Å²) in [4.78, 5) is 18.2. The first kappa shape index (κ1) is 15.6. The van der Waals surface area contributed by atoms with Gasteiger partial charge in [-0.2, -0.15) is 0 Å². The highest BCUT2D eigenvalue weighted by molar-refractivity contribution is 5.76. The normalized spacial score (nSPS) is 13.2. The van der Waals surface area contributed by atoms with Gasteiger partial charge < -0.3 is 10.6 Å². The Labute approximate surface area is 116 Å². The van der Waals surface area contributed by atoms with Crippen molar-refractivity contribution >= 4 is 5.91 Å². The number of carbonyl (C=O) groups is 1. The van der Waals surface area contributed by atoms with Gasteiger partial charge in [0.1, 0.15) is 0 Å². The van der Waals surface area contributed by atoms with Crippen LogP contribution in [0.5, 0.6) is 0 Å². The average molecular weight is 263 g/mol. The molecule has 1 atom stereocenters. The first-order chi connectivity index (χ1) is 8.70. The fraction of sp³-hybridized carbons (Fsp3) is 0.600. The Hall–Kier alpha value is -1.42. The number of aryl methyl sites for hydroxylation is 1. The lowest BCUT2D eigenvalue weighted by Gasteiger charge is -2.28. The van der Waals surface area contributed by atoms with Crippen molar-refractivity contribution in [2.45, 2.75) is 46.7 Å². The van der Waals surface area contributed by atoms with Crippen LogP contribution in [0, 0.1) is 12.3 Å². The Morgan fingerprint density at radius 2 is 2.05 bits per heavy atom. The summed E-state index contributed by atoms with van der Waals surface area (Å²) in [6, 6.07) is 5.70. The maximum Gasteiger partial charge on any atom is 0.224 e. The van der Waals surface area contributed by atoms with Gasteiger partial charge in [-0.1, -0.05) is 26.8 Å². The summed E-state index contributed by atoms with van der Waals surface area (Å²) in [5.41, 5.74) is 7.85. The Balaban J connectivity index is 2.58. The highest BCUT2D eigenvalue weighted by Gasteiger charge is 2.24. The number of aromatic nitrogens is 1. The van der Waals surface area contributed by atoms with Crippen LogP contribution in [-0.2, 0) is 11.3 Å². The predicted molar refractivity (Wildman–Crippen MR) is 77.5 cm³/mol. The van der Waals surface area contributed by atoms with Crippen LogP contribution >= 0.6 is 0 Å². The van der Waals surface area contributed by atoms with Gasteiger partial charge in [0.25, 0.3) is 0 Å². The summed E-state index contributed by atoms with van der Waals surface area (Å²) in [5.74, 6) is 0.0609. The van der Waals surface area contributed by atoms with Crippen LogP contribution in [0.15, 0.2) is 18.2 Å². The molecule has 0 spiro atoms. The van der Waals surface area contributed by atoms with Crippen LogP contribution in [0.25, 0.3) is 0 Å². The SMILES string of the molecule is Cc1cccc(CN(C)C(=O)CC(N)C(C)(C)C)n1. The number of nitrogens with zero attached hydrogens (tertiary/aromatic N) is 2. The fourth-order valence-electron chi connectivity index (χ4n) is 1.67. The number of pyridine rings is 1. The molecule has 1 rings (SSSR count). The van der Waals surface area contributed by atoms with Crippen LogP contribution in [0.2, 0.25) is 0 Å². The number of amides is 1. The van der Waals surface area contributed by atoms with Crippen LogP contribution in [-0.4, -0.2) is 28.9 Å². The van der Waals surface area contributed by atoms with Gasteiger partial charge >= 0.3 is 0 Å². The van der Waals surface area contributed by atoms with E-state index in [2.05, 4.69) is 4.98 Å². The van der Waals surface area contributed by atoms with Crippen molar-refractivity contribution in [2.75, 3.05) is 7.05 Å². The lowest BCUT2D eigenvalue weighted by Crippen LogP contribution is -2.40. The van der Waals surface area contributed by atoms with Crippen LogP contribution in [0.4, 0.5) is 0 Å². The van der Waals surface area contributed by atoms with E-state index in [9.17, 15) is 4.79 Å². The second kappa shape index (κ2) is 6.15. The molecule has 2 N–H and O–H groups in total. The van der Waals surface area contributed by atoms with Gasteiger partial charge in [-0.3, -0.25) is 9.78 Å². The molecule has 4 nitrogen and oxygen atoms in total. The molecule has 1 unspecified atom stereocenters. The van der Waals surface area contributed by atoms with Crippen LogP contribution < -0.4 is 5.73 Å². The zero-order valence-corrected chi connectivity index (χ0v) is 12.6. The Morgan fingerprint density at radius 1 is 1.42 bits per heavy atom. The minimum atomic E-state index is -0.132. The first-order valence-electron chi connectivity index (χ1n) is 6.62. The van der Waals surface area contributed by atoms with Gasteiger partial charge in [-0.15, -0.1) is 0 Å². The lowest BCUT2D eigenvalue weighted by molar-refractivity contribution is -0.131. The molecule has 0 aliphatic heterocycles. The largest absolute Gasteiger partial charge is 0.340 e. The molecular weight excluding hydrogens is 238 g/mol. The number of hydrogen-bond acceptors (Lipinski definition) is 3. The van der Waals surface area contributed by atoms with E-state index in [1.807, 2.05) is 45.9 Å². The molecule has 0 radical (unpaired) electrons. The van der Waals surface area contributed by atoms with E-state index in [1.54, 1.807) is 11.9 Å². The summed E-state index contributed by atoms with van der Waals surface area (Å²) >= 11 is 0. The molecule has 0 fully saturated rings. The van der Waals surface area contributed by atoms with Crippen molar-refractivity contribution in [3.05, 3.63) is 29.6 Å². The minimum absolute atomic E-state index is 0.0575. The molecule has 1 heterocycles. The smallest absolute Gasteiger partial charge is 0.224 e. The molecular formula is C15H25N3O. The molecule has 0 saturated heterocycles. The number of hydrogen-bond donors (Lipinski definition) is 1. The molecule has 4 heteroatoms. The second-order valence-corrected chi connectivity index (χ2v) is 6.20. The van der Waals surface area contributed by atoms with Gasteiger partial charge in [-0.05, 0) is 24.5 Å². The van der Waals surface area contributed by atoms with Crippen molar-refractivity contribution in [2.24, 2.45) is 11.1 Å². The Kier molecular flexibility index (Phi) is 5.06. The van der Waals surface area contributed by atoms with Gasteiger partial charge in [0.2, 0.25) is 5.91 Å². The summed E-state index contributed by atoms with van der Waals surface area (Å²) in [5, 5.41) is 0. The molecule has 0 saturated carbocycles. The summed E-state index contributed by atoms with van der Waals surface area (Å²) in [7, 11) is 1.79. The molecule has 0 bridgehead atoms. The zero-order chi connectivity index (χ0) is 14.6. The molecule has 19 heavy (non-hydrogen) atoms. The highest BCUT2D eigenvalue weighted by Crippen LogP contribution is 2.20. The standard InChI is InChI=1S/C15H25N3O/c1-11-7-6-8-12(17-11)10-18(5)14(19)9-13(16)15(2,3)4/h6-8,13H,9-10,16H2,1-5H3. The van der Waals surface area contributed by atoms with Crippen LogP contribution in [0.1, 0.15) is 38.6 Å². The molecule has 0 aromatic carbocycles. The van der Waals surface area contributed by atoms with E-state index in [0.29, 0.717) is 13.0 Å². The van der Waals surface area contributed by atoms with Crippen molar-refractivity contribution in [3.8, 4) is 0 Å². The summed E-state index contributed by atoms with van der Waals surface area (Å²) in [6.45, 7) is 8.62. The van der Waals surface area contributed by atoms with Crippen molar-refractivity contribution < 1.29 is 4.79 Å². The van der Waals surface area contributed by atoms with E-state index in [-0.39, 0.29) is 17.4 Å². The summed E-state index contributed by atoms with van der Waals surface area (Å²) < 4.78 is 0. The molecule has 1 aromatic heterocycles. The van der Waals surface area contributed by atoms with E-state index >= 15 is 0 Å². The number of carbonyl (C=O) groups excluding carboxylic acids is 1. The molecule has 0 aliphatic rings. The van der Waals surface area contributed by atoms with Gasteiger partial charge in [0, 0.05) is 25.2 Å². The van der Waals surface area contributed by atoms with Gasteiger partial charge in [0.05, 0.1) is 12.2 Å². The van der Waals surface area contributed by atoms with Crippen molar-refractivity contribution in [3.63, 3.8) is 0 Å². The van der Waals surface area contributed by atoms with E-state index in [1.165, 1.54) is 0 Å². The number of rotatable bonds is 4. The highest BCUT2D eigenvalue weighted by atomic mass is 16.2. The molecule has 1 aromatic rings. The van der Waals surface area contributed by atoms with Gasteiger partial charge in [0.15, 0.2) is 0 Å². The third-order valence-corrected chi connectivity index (χ3v) is 3.28. The third-order valence-electron chi connectivity index (χ3n) is 3.28. The van der Waals surface area contributed by atoms with Gasteiger partial charge in [-0.25, -0.2) is 0 Å². The summed E-state index contributed by atoms with van der Waals surface area (Å²) in [6.07, 6.45) is 0.367. The predicted octanol–water partition coefficient (Wildman–Crippen LogP) is 2.11. The molecule has 0 aliphatic carbocycles. The minimum Gasteiger partial charge on any atom is -0.340 e. The van der Waals surface area contributed by atoms with E-state index < -0.39 is 0 Å². The van der Waals surface area contributed by atoms with Crippen LogP contribution in [0.3, 0.4) is 0 Å². The molecule has 106 valence electrons. The second-order valence-electron chi connectivity index (χ2n) is 6.20.